The molecule has 35 heavy (non-hydrogen) atoms. The van der Waals surface area contributed by atoms with Crippen molar-refractivity contribution in [2.45, 2.75) is 31.2 Å². The number of benzene rings is 2. The Morgan fingerprint density at radius 3 is 2.77 bits per heavy atom. The highest BCUT2D eigenvalue weighted by atomic mass is 32.2. The Labute approximate surface area is 206 Å². The second-order valence-corrected chi connectivity index (χ2v) is 11.6. The lowest BCUT2D eigenvalue weighted by Crippen LogP contribution is -2.46. The molecule has 1 aliphatic heterocycles. The van der Waals surface area contributed by atoms with Gasteiger partial charge in [0, 0.05) is 13.1 Å². The van der Waals surface area contributed by atoms with Crippen LogP contribution in [0.25, 0.3) is 10.2 Å². The number of fused-ring (bicyclic) bond motifs is 1. The van der Waals surface area contributed by atoms with Crippen molar-refractivity contribution < 1.29 is 22.0 Å². The Balaban J connectivity index is 1.43. The number of furan rings is 1. The zero-order valence-electron chi connectivity index (χ0n) is 19.1. The monoisotopic (exact) mass is 513 g/mol. The zero-order chi connectivity index (χ0) is 24.6. The smallest absolute Gasteiger partial charge is 0.243 e. The van der Waals surface area contributed by atoms with Gasteiger partial charge >= 0.3 is 0 Å². The first-order valence-corrected chi connectivity index (χ1v) is 13.5. The molecule has 1 atom stereocenters. The quantitative estimate of drug-likeness (QED) is 0.364. The van der Waals surface area contributed by atoms with Crippen LogP contribution in [0.1, 0.15) is 24.2 Å². The number of sulfonamides is 1. The summed E-state index contributed by atoms with van der Waals surface area (Å²) in [7, 11) is -3.72. The third kappa shape index (κ3) is 4.86. The minimum Gasteiger partial charge on any atom is -0.467 e. The maximum Gasteiger partial charge on any atom is 0.243 e. The molecule has 0 aliphatic carbocycles. The van der Waals surface area contributed by atoms with Crippen LogP contribution in [0.2, 0.25) is 0 Å². The summed E-state index contributed by atoms with van der Waals surface area (Å²) < 4.78 is 47.7. The van der Waals surface area contributed by atoms with E-state index in [0.717, 1.165) is 5.56 Å². The maximum atomic E-state index is 13.8. The summed E-state index contributed by atoms with van der Waals surface area (Å²) >= 11 is 1.22. The van der Waals surface area contributed by atoms with E-state index in [4.69, 9.17) is 4.42 Å². The Morgan fingerprint density at radius 1 is 1.23 bits per heavy atom. The van der Waals surface area contributed by atoms with Crippen LogP contribution in [0, 0.1) is 18.7 Å². The van der Waals surface area contributed by atoms with Crippen LogP contribution < -0.4 is 4.90 Å². The summed E-state index contributed by atoms with van der Waals surface area (Å²) in [6.45, 7) is 2.49. The summed E-state index contributed by atoms with van der Waals surface area (Å²) in [5, 5.41) is 0.422. The SMILES string of the molecule is Cc1ccc(S(=O)(=O)N2CCCC(C(=O)N(Cc3ccco3)c3nc4ccc(F)cc4s3)C2)cc1. The van der Waals surface area contributed by atoms with Gasteiger partial charge in [0.2, 0.25) is 15.9 Å². The average Bonchev–Trinajstić information content (AvgIpc) is 3.52. The number of amides is 1. The molecule has 182 valence electrons. The van der Waals surface area contributed by atoms with Gasteiger partial charge in [-0.15, -0.1) is 0 Å². The van der Waals surface area contributed by atoms with Gasteiger partial charge in [-0.25, -0.2) is 17.8 Å². The summed E-state index contributed by atoms with van der Waals surface area (Å²) in [5.41, 5.74) is 1.57. The molecule has 1 unspecified atom stereocenters. The van der Waals surface area contributed by atoms with Crippen molar-refractivity contribution in [2.75, 3.05) is 18.0 Å². The maximum absolute atomic E-state index is 13.8. The van der Waals surface area contributed by atoms with Gasteiger partial charge in [-0.3, -0.25) is 9.69 Å². The molecule has 0 bridgehead atoms. The molecule has 0 saturated carbocycles. The molecule has 1 aliphatic rings. The van der Waals surface area contributed by atoms with E-state index in [9.17, 15) is 17.6 Å². The van der Waals surface area contributed by atoms with Crippen LogP contribution in [0.15, 0.2) is 70.2 Å². The standard InChI is InChI=1S/C25H24FN3O4S2/c1-17-6-9-21(10-7-17)35(31,32)28-12-2-4-18(15-28)24(30)29(16-20-5-3-13-33-20)25-27-22-11-8-19(26)14-23(22)34-25/h3,5-11,13-14,18H,2,4,12,15-16H2,1H3. The van der Waals surface area contributed by atoms with E-state index in [1.807, 2.05) is 6.92 Å². The molecule has 4 aromatic rings. The molecular weight excluding hydrogens is 489 g/mol. The fourth-order valence-corrected chi connectivity index (χ4v) is 6.76. The lowest BCUT2D eigenvalue weighted by molar-refractivity contribution is -0.123. The molecule has 1 fully saturated rings. The number of halogens is 1. The van der Waals surface area contributed by atoms with Gasteiger partial charge in [0.1, 0.15) is 11.6 Å². The Kier molecular flexibility index (Phi) is 6.43. The number of nitrogens with zero attached hydrogens (tertiary/aromatic N) is 3. The van der Waals surface area contributed by atoms with E-state index in [1.54, 1.807) is 42.5 Å². The highest BCUT2D eigenvalue weighted by Gasteiger charge is 2.36. The van der Waals surface area contributed by atoms with Crippen LogP contribution in [0.4, 0.5) is 9.52 Å². The Hall–Kier alpha value is -3.08. The number of piperidine rings is 1. The fourth-order valence-electron chi connectivity index (χ4n) is 4.24. The average molecular weight is 514 g/mol. The predicted octanol–water partition coefficient (Wildman–Crippen LogP) is 4.97. The van der Waals surface area contributed by atoms with E-state index >= 15 is 0 Å². The molecule has 0 radical (unpaired) electrons. The van der Waals surface area contributed by atoms with Gasteiger partial charge in [-0.05, 0) is 62.2 Å². The predicted molar refractivity (Wildman–Crippen MR) is 132 cm³/mol. The van der Waals surface area contributed by atoms with Crippen molar-refractivity contribution in [3.05, 3.63) is 78.0 Å². The number of carbonyl (C=O) groups is 1. The van der Waals surface area contributed by atoms with Crippen LogP contribution in [-0.4, -0.2) is 36.7 Å². The largest absolute Gasteiger partial charge is 0.467 e. The van der Waals surface area contributed by atoms with Crippen LogP contribution in [0.5, 0.6) is 0 Å². The molecular formula is C25H24FN3O4S2. The molecule has 0 N–H and O–H groups in total. The molecule has 10 heteroatoms. The fraction of sp³-hybridized carbons (Fsp3) is 0.280. The van der Waals surface area contributed by atoms with Crippen molar-refractivity contribution in [3.8, 4) is 0 Å². The van der Waals surface area contributed by atoms with E-state index in [0.29, 0.717) is 40.5 Å². The van der Waals surface area contributed by atoms with E-state index in [-0.39, 0.29) is 29.7 Å². The molecule has 1 saturated heterocycles. The Bertz CT molecular complexity index is 1450. The number of anilines is 1. The summed E-state index contributed by atoms with van der Waals surface area (Å²) in [6, 6.07) is 14.5. The second-order valence-electron chi connectivity index (χ2n) is 8.63. The number of carbonyl (C=O) groups excluding carboxylic acids is 1. The van der Waals surface area contributed by atoms with Gasteiger partial charge in [0.25, 0.3) is 0 Å². The molecule has 1 amide bonds. The number of thiazole rings is 1. The van der Waals surface area contributed by atoms with E-state index in [2.05, 4.69) is 4.98 Å². The molecule has 2 aromatic carbocycles. The third-order valence-electron chi connectivity index (χ3n) is 6.12. The molecule has 2 aromatic heterocycles. The highest BCUT2D eigenvalue weighted by Crippen LogP contribution is 2.33. The topological polar surface area (TPSA) is 83.7 Å². The van der Waals surface area contributed by atoms with Gasteiger partial charge in [-0.2, -0.15) is 4.31 Å². The Morgan fingerprint density at radius 2 is 2.03 bits per heavy atom. The van der Waals surface area contributed by atoms with Crippen LogP contribution in [0.3, 0.4) is 0 Å². The zero-order valence-corrected chi connectivity index (χ0v) is 20.7. The number of hydrogen-bond acceptors (Lipinski definition) is 6. The van der Waals surface area contributed by atoms with Crippen molar-refractivity contribution in [3.63, 3.8) is 0 Å². The lowest BCUT2D eigenvalue weighted by atomic mass is 9.98. The summed E-state index contributed by atoms with van der Waals surface area (Å²) in [4.78, 5) is 20.1. The molecule has 7 nitrogen and oxygen atoms in total. The van der Waals surface area contributed by atoms with Crippen molar-refractivity contribution >= 4 is 42.6 Å². The number of hydrogen-bond donors (Lipinski definition) is 0. The third-order valence-corrected chi connectivity index (χ3v) is 9.04. The van der Waals surface area contributed by atoms with Crippen LogP contribution in [-0.2, 0) is 21.4 Å². The summed E-state index contributed by atoms with van der Waals surface area (Å²) in [5.74, 6) is -0.572. The van der Waals surface area contributed by atoms with Crippen molar-refractivity contribution in [1.29, 1.82) is 0 Å². The van der Waals surface area contributed by atoms with Gasteiger partial charge < -0.3 is 4.42 Å². The summed E-state index contributed by atoms with van der Waals surface area (Å²) in [6.07, 6.45) is 2.66. The minimum absolute atomic E-state index is 0.0865. The molecule has 0 spiro atoms. The lowest BCUT2D eigenvalue weighted by Gasteiger charge is -2.33. The molecule has 3 heterocycles. The first kappa shape index (κ1) is 23.7. The first-order valence-electron chi connectivity index (χ1n) is 11.3. The minimum atomic E-state index is -3.72. The number of aryl methyl sites for hydroxylation is 1. The van der Waals surface area contributed by atoms with Gasteiger partial charge in [0.05, 0.1) is 33.8 Å². The number of rotatable bonds is 6. The van der Waals surface area contributed by atoms with E-state index in [1.165, 1.54) is 38.9 Å². The van der Waals surface area contributed by atoms with Crippen LogP contribution >= 0.6 is 11.3 Å². The number of aromatic nitrogens is 1. The van der Waals surface area contributed by atoms with Gasteiger partial charge in [-0.1, -0.05) is 29.0 Å². The normalized spacial score (nSPS) is 17.0. The van der Waals surface area contributed by atoms with E-state index < -0.39 is 15.9 Å². The van der Waals surface area contributed by atoms with Crippen molar-refractivity contribution in [1.82, 2.24) is 9.29 Å². The second kappa shape index (κ2) is 9.52. The first-order chi connectivity index (χ1) is 16.8. The van der Waals surface area contributed by atoms with Gasteiger partial charge in [0.15, 0.2) is 5.13 Å². The molecule has 5 rings (SSSR count). The highest BCUT2D eigenvalue weighted by molar-refractivity contribution is 7.89. The van der Waals surface area contributed by atoms with Crippen molar-refractivity contribution in [2.24, 2.45) is 5.92 Å².